The van der Waals surface area contributed by atoms with Crippen molar-refractivity contribution in [3.63, 3.8) is 0 Å². The summed E-state index contributed by atoms with van der Waals surface area (Å²) in [6, 6.07) is 0. The third kappa shape index (κ3) is 5.26. The molecule has 0 bridgehead atoms. The Morgan fingerprint density at radius 1 is 1.23 bits per heavy atom. The summed E-state index contributed by atoms with van der Waals surface area (Å²) in [6.07, 6.45) is 5.14. The molecule has 4 heteroatoms. The maximum absolute atomic E-state index is 11.1. The van der Waals surface area contributed by atoms with Crippen molar-refractivity contribution in [1.82, 2.24) is 0 Å². The minimum Gasteiger partial charge on any atom is -0.273 e. The van der Waals surface area contributed by atoms with Crippen molar-refractivity contribution in [2.45, 2.75) is 51.2 Å². The minimum atomic E-state index is -3.29. The van der Waals surface area contributed by atoms with E-state index in [1.54, 1.807) is 6.92 Å². The molecule has 0 rings (SSSR count). The van der Waals surface area contributed by atoms with Crippen molar-refractivity contribution < 1.29 is 12.6 Å². The number of unbranched alkanes of at least 4 members (excludes halogenated alkanes) is 3. The first-order valence-corrected chi connectivity index (χ1v) is 6.31. The third-order valence-corrected chi connectivity index (χ3v) is 3.88. The van der Waals surface area contributed by atoms with Gasteiger partial charge in [-0.2, -0.15) is 8.42 Å². The molecule has 1 atom stereocenters. The van der Waals surface area contributed by atoms with Crippen LogP contribution < -0.4 is 0 Å². The van der Waals surface area contributed by atoms with Gasteiger partial charge in [0.1, 0.15) is 0 Å². The molecule has 0 aromatic carbocycles. The van der Waals surface area contributed by atoms with Gasteiger partial charge in [-0.1, -0.05) is 32.6 Å². The maximum atomic E-state index is 11.1. The maximum Gasteiger partial charge on any atom is 0.269 e. The molecule has 80 valence electrons. The predicted molar refractivity (Wildman–Crippen MR) is 54.1 cm³/mol. The van der Waals surface area contributed by atoms with Crippen LogP contribution in [-0.2, 0) is 14.3 Å². The Balaban J connectivity index is 3.69. The van der Waals surface area contributed by atoms with E-state index in [4.69, 9.17) is 0 Å². The highest BCUT2D eigenvalue weighted by atomic mass is 32.2. The average Bonchev–Trinajstić information content (AvgIpc) is 2.12. The van der Waals surface area contributed by atoms with Crippen LogP contribution in [0.25, 0.3) is 0 Å². The summed E-state index contributed by atoms with van der Waals surface area (Å²) in [6.45, 7) is 3.83. The quantitative estimate of drug-likeness (QED) is 0.476. The Morgan fingerprint density at radius 3 is 2.31 bits per heavy atom. The van der Waals surface area contributed by atoms with Crippen LogP contribution in [0.5, 0.6) is 0 Å². The van der Waals surface area contributed by atoms with Crippen LogP contribution in [0, 0.1) is 0 Å². The lowest BCUT2D eigenvalue weighted by atomic mass is 10.1. The van der Waals surface area contributed by atoms with Crippen molar-refractivity contribution in [1.29, 1.82) is 0 Å². The van der Waals surface area contributed by atoms with Gasteiger partial charge in [0.15, 0.2) is 0 Å². The molecule has 0 radical (unpaired) electrons. The topological polar surface area (TPSA) is 43.4 Å². The Kier molecular flexibility index (Phi) is 6.33. The Labute approximate surface area is 81.6 Å². The fourth-order valence-corrected chi connectivity index (χ4v) is 1.95. The summed E-state index contributed by atoms with van der Waals surface area (Å²) in [7, 11) is -2.07. The van der Waals surface area contributed by atoms with E-state index in [1.807, 2.05) is 0 Å². The van der Waals surface area contributed by atoms with Gasteiger partial charge in [0.2, 0.25) is 0 Å². The standard InChI is InChI=1S/C9H20O3S/c1-4-5-6-7-8-9(2)13(10,11)12-3/h9H,4-8H2,1-3H3/t9-/m0/s1. The predicted octanol–water partition coefficient (Wildman–Crippen LogP) is 2.32. The van der Waals surface area contributed by atoms with Crippen LogP contribution in [0.2, 0.25) is 0 Å². The van der Waals surface area contributed by atoms with E-state index in [2.05, 4.69) is 11.1 Å². The van der Waals surface area contributed by atoms with Gasteiger partial charge in [0.25, 0.3) is 10.1 Å². The van der Waals surface area contributed by atoms with Crippen LogP contribution in [0.1, 0.15) is 46.0 Å². The molecule has 0 saturated carbocycles. The zero-order valence-electron chi connectivity index (χ0n) is 8.75. The van der Waals surface area contributed by atoms with Gasteiger partial charge in [-0.3, -0.25) is 4.18 Å². The van der Waals surface area contributed by atoms with Crippen molar-refractivity contribution in [2.24, 2.45) is 0 Å². The van der Waals surface area contributed by atoms with Gasteiger partial charge in [0.05, 0.1) is 12.4 Å². The lowest BCUT2D eigenvalue weighted by Crippen LogP contribution is -2.18. The summed E-state index contributed by atoms with van der Waals surface area (Å²) < 4.78 is 26.7. The summed E-state index contributed by atoms with van der Waals surface area (Å²) in [5.74, 6) is 0. The Morgan fingerprint density at radius 2 is 1.85 bits per heavy atom. The second-order valence-electron chi connectivity index (χ2n) is 3.32. The van der Waals surface area contributed by atoms with E-state index in [-0.39, 0.29) is 5.25 Å². The second-order valence-corrected chi connectivity index (χ2v) is 5.44. The van der Waals surface area contributed by atoms with E-state index < -0.39 is 10.1 Å². The zero-order valence-corrected chi connectivity index (χ0v) is 9.56. The molecule has 0 unspecified atom stereocenters. The first-order chi connectivity index (χ1) is 6.04. The van der Waals surface area contributed by atoms with E-state index in [0.717, 1.165) is 12.8 Å². The van der Waals surface area contributed by atoms with Gasteiger partial charge >= 0.3 is 0 Å². The highest BCUT2D eigenvalue weighted by Gasteiger charge is 2.18. The van der Waals surface area contributed by atoms with E-state index in [1.165, 1.54) is 20.0 Å². The summed E-state index contributed by atoms with van der Waals surface area (Å²) in [5.41, 5.74) is 0. The summed E-state index contributed by atoms with van der Waals surface area (Å²) in [4.78, 5) is 0. The molecule has 0 amide bonds. The highest BCUT2D eigenvalue weighted by molar-refractivity contribution is 7.87. The third-order valence-electron chi connectivity index (χ3n) is 2.19. The van der Waals surface area contributed by atoms with Gasteiger partial charge < -0.3 is 0 Å². The molecule has 13 heavy (non-hydrogen) atoms. The van der Waals surface area contributed by atoms with Crippen LogP contribution in [0.4, 0.5) is 0 Å². The van der Waals surface area contributed by atoms with Crippen molar-refractivity contribution in [2.75, 3.05) is 7.11 Å². The van der Waals surface area contributed by atoms with E-state index >= 15 is 0 Å². The molecular weight excluding hydrogens is 188 g/mol. The average molecular weight is 208 g/mol. The van der Waals surface area contributed by atoms with Crippen molar-refractivity contribution in [3.05, 3.63) is 0 Å². The first kappa shape index (κ1) is 12.9. The molecule has 0 heterocycles. The fraction of sp³-hybridized carbons (Fsp3) is 1.00. The smallest absolute Gasteiger partial charge is 0.269 e. The monoisotopic (exact) mass is 208 g/mol. The zero-order chi connectivity index (χ0) is 10.3. The molecule has 0 saturated heterocycles. The van der Waals surface area contributed by atoms with Crippen LogP contribution in [0.3, 0.4) is 0 Å². The first-order valence-electron chi connectivity index (χ1n) is 4.84. The fourth-order valence-electron chi connectivity index (χ4n) is 1.17. The van der Waals surface area contributed by atoms with E-state index in [0.29, 0.717) is 6.42 Å². The summed E-state index contributed by atoms with van der Waals surface area (Å²) in [5, 5.41) is -0.366. The normalized spacial score (nSPS) is 14.4. The summed E-state index contributed by atoms with van der Waals surface area (Å²) >= 11 is 0. The van der Waals surface area contributed by atoms with Gasteiger partial charge in [-0.05, 0) is 13.3 Å². The number of rotatable bonds is 7. The van der Waals surface area contributed by atoms with Crippen LogP contribution >= 0.6 is 0 Å². The molecule has 0 N–H and O–H groups in total. The molecule has 0 aromatic heterocycles. The van der Waals surface area contributed by atoms with E-state index in [9.17, 15) is 8.42 Å². The second kappa shape index (κ2) is 6.38. The SMILES string of the molecule is CCCCCC[C@H](C)S(=O)(=O)OC. The Hall–Kier alpha value is -0.0900. The molecule has 0 aromatic rings. The highest BCUT2D eigenvalue weighted by Crippen LogP contribution is 2.12. The van der Waals surface area contributed by atoms with Crippen molar-refractivity contribution in [3.8, 4) is 0 Å². The largest absolute Gasteiger partial charge is 0.273 e. The molecule has 0 spiro atoms. The van der Waals surface area contributed by atoms with Crippen molar-refractivity contribution >= 4 is 10.1 Å². The van der Waals surface area contributed by atoms with Gasteiger partial charge in [0, 0.05) is 0 Å². The molecule has 3 nitrogen and oxygen atoms in total. The van der Waals surface area contributed by atoms with Gasteiger partial charge in [-0.15, -0.1) is 0 Å². The van der Waals surface area contributed by atoms with Crippen LogP contribution in [-0.4, -0.2) is 20.8 Å². The number of hydrogen-bond donors (Lipinski definition) is 0. The van der Waals surface area contributed by atoms with Crippen LogP contribution in [0.15, 0.2) is 0 Å². The minimum absolute atomic E-state index is 0.366. The van der Waals surface area contributed by atoms with Gasteiger partial charge in [-0.25, -0.2) is 0 Å². The molecule has 0 aliphatic carbocycles. The molecular formula is C9H20O3S. The lowest BCUT2D eigenvalue weighted by Gasteiger charge is -2.09. The molecule has 0 fully saturated rings. The molecule has 0 aliphatic heterocycles. The lowest BCUT2D eigenvalue weighted by molar-refractivity contribution is 0.385. The molecule has 0 aliphatic rings. The Bertz CT molecular complexity index is 209. The number of hydrogen-bond acceptors (Lipinski definition) is 3.